The molecule has 3 heterocycles. The smallest absolute Gasteiger partial charge is 0.399 e. The molecule has 3 aromatic rings. The van der Waals surface area contributed by atoms with E-state index in [-0.39, 0.29) is 5.91 Å². The van der Waals surface area contributed by atoms with Crippen molar-refractivity contribution in [1.29, 1.82) is 5.26 Å². The fraction of sp³-hybridized carbons (Fsp3) is 0.318. The Kier molecular flexibility index (Phi) is 4.68. The highest BCUT2D eigenvalue weighted by Crippen LogP contribution is 2.36. The van der Waals surface area contributed by atoms with Crippen molar-refractivity contribution in [2.24, 2.45) is 0 Å². The van der Waals surface area contributed by atoms with E-state index in [1.54, 1.807) is 65.3 Å². The zero-order valence-corrected chi connectivity index (χ0v) is 17.7. The number of hydrogen-bond acceptors (Lipinski definition) is 5. The average molecular weight is 402 g/mol. The molecule has 0 N–H and O–H groups in total. The van der Waals surface area contributed by atoms with Crippen LogP contribution in [0, 0.1) is 11.3 Å². The van der Waals surface area contributed by atoms with Gasteiger partial charge in [-0.25, -0.2) is 4.52 Å². The Morgan fingerprint density at radius 2 is 1.77 bits per heavy atom. The third kappa shape index (κ3) is 3.26. The first kappa shape index (κ1) is 20.1. The number of anilines is 1. The SMILES string of the molecule is CN(C(=O)c1ccn2ncc(B3OC(C)(C)C(C)(C)O3)c2c1)c1ccc(C#N)cc1. The van der Waals surface area contributed by atoms with Gasteiger partial charge in [0, 0.05) is 36.2 Å². The lowest BCUT2D eigenvalue weighted by molar-refractivity contribution is 0.00578. The molecule has 0 atom stereocenters. The lowest BCUT2D eigenvalue weighted by Gasteiger charge is -2.32. The van der Waals surface area contributed by atoms with Gasteiger partial charge in [-0.2, -0.15) is 10.4 Å². The number of rotatable bonds is 3. The van der Waals surface area contributed by atoms with Crippen LogP contribution in [-0.2, 0) is 9.31 Å². The Hall–Kier alpha value is -3.15. The molecule has 30 heavy (non-hydrogen) atoms. The molecular weight excluding hydrogens is 379 g/mol. The number of nitriles is 1. The largest absolute Gasteiger partial charge is 0.498 e. The molecule has 4 rings (SSSR count). The molecule has 0 aliphatic carbocycles. The zero-order valence-electron chi connectivity index (χ0n) is 17.7. The van der Waals surface area contributed by atoms with Crippen molar-refractivity contribution >= 4 is 29.7 Å². The van der Waals surface area contributed by atoms with Crippen LogP contribution in [-0.4, -0.2) is 40.9 Å². The third-order valence-corrected chi connectivity index (χ3v) is 5.99. The molecule has 1 aliphatic heterocycles. The van der Waals surface area contributed by atoms with Gasteiger partial charge in [0.2, 0.25) is 0 Å². The highest BCUT2D eigenvalue weighted by Gasteiger charge is 2.52. The maximum absolute atomic E-state index is 13.1. The molecular formula is C22H23BN4O3. The molecule has 1 saturated heterocycles. The molecule has 7 nitrogen and oxygen atoms in total. The fourth-order valence-corrected chi connectivity index (χ4v) is 3.35. The monoisotopic (exact) mass is 402 g/mol. The van der Waals surface area contributed by atoms with Gasteiger partial charge in [0.25, 0.3) is 5.91 Å². The minimum atomic E-state index is -0.561. The summed E-state index contributed by atoms with van der Waals surface area (Å²) in [6.45, 7) is 8.00. The number of pyridine rings is 1. The Balaban J connectivity index is 1.66. The number of nitrogens with zero attached hydrogens (tertiary/aromatic N) is 4. The van der Waals surface area contributed by atoms with E-state index in [0.717, 1.165) is 11.0 Å². The predicted molar refractivity (Wildman–Crippen MR) is 115 cm³/mol. The zero-order chi connectivity index (χ0) is 21.7. The number of carbonyl (C=O) groups is 1. The Morgan fingerprint density at radius 3 is 2.37 bits per heavy atom. The molecule has 1 aromatic carbocycles. The van der Waals surface area contributed by atoms with Crippen LogP contribution < -0.4 is 10.4 Å². The summed E-state index contributed by atoms with van der Waals surface area (Å²) in [4.78, 5) is 14.6. The molecule has 1 fully saturated rings. The lowest BCUT2D eigenvalue weighted by Crippen LogP contribution is -2.41. The van der Waals surface area contributed by atoms with Crippen LogP contribution in [0.4, 0.5) is 5.69 Å². The van der Waals surface area contributed by atoms with Crippen molar-refractivity contribution in [2.75, 3.05) is 11.9 Å². The van der Waals surface area contributed by atoms with Gasteiger partial charge < -0.3 is 14.2 Å². The summed E-state index contributed by atoms with van der Waals surface area (Å²) in [6, 6.07) is 12.5. The summed E-state index contributed by atoms with van der Waals surface area (Å²) in [5.41, 5.74) is 2.39. The van der Waals surface area contributed by atoms with E-state index < -0.39 is 18.3 Å². The molecule has 2 aromatic heterocycles. The van der Waals surface area contributed by atoms with Gasteiger partial charge in [-0.3, -0.25) is 4.79 Å². The quantitative estimate of drug-likeness (QED) is 0.630. The van der Waals surface area contributed by atoms with Gasteiger partial charge in [-0.15, -0.1) is 0 Å². The second-order valence-corrected chi connectivity index (χ2v) is 8.46. The normalized spacial score (nSPS) is 17.1. The summed E-state index contributed by atoms with van der Waals surface area (Å²) in [7, 11) is 1.15. The highest BCUT2D eigenvalue weighted by atomic mass is 16.7. The minimum absolute atomic E-state index is 0.164. The standard InChI is InChI=1S/C22H23BN4O3/c1-21(2)22(3,4)30-23(29-21)18-14-25-27-11-10-16(12-19(18)27)20(28)26(5)17-8-6-15(13-24)7-9-17/h6-12,14H,1-5H3. The molecule has 8 heteroatoms. The molecule has 1 amide bonds. The Labute approximate surface area is 176 Å². The summed E-state index contributed by atoms with van der Waals surface area (Å²) in [6.07, 6.45) is 3.47. The number of hydrogen-bond donors (Lipinski definition) is 0. The molecule has 0 radical (unpaired) electrons. The first-order valence-corrected chi connectivity index (χ1v) is 9.74. The summed E-state index contributed by atoms with van der Waals surface area (Å²) in [5, 5.41) is 13.3. The van der Waals surface area contributed by atoms with Crippen molar-refractivity contribution in [3.8, 4) is 6.07 Å². The number of amides is 1. The third-order valence-electron chi connectivity index (χ3n) is 5.99. The van der Waals surface area contributed by atoms with Crippen LogP contribution in [0.15, 0.2) is 48.8 Å². The van der Waals surface area contributed by atoms with Crippen LogP contribution in [0.25, 0.3) is 5.52 Å². The molecule has 0 saturated carbocycles. The molecule has 0 spiro atoms. The van der Waals surface area contributed by atoms with Gasteiger partial charge in [0.1, 0.15) is 0 Å². The molecule has 0 bridgehead atoms. The van der Waals surface area contributed by atoms with Crippen molar-refractivity contribution in [3.05, 3.63) is 59.9 Å². The summed E-state index contributed by atoms with van der Waals surface area (Å²) in [5.74, 6) is -0.164. The second kappa shape index (κ2) is 6.97. The van der Waals surface area contributed by atoms with Gasteiger partial charge in [-0.05, 0) is 64.1 Å². The van der Waals surface area contributed by atoms with Crippen LogP contribution in [0.5, 0.6) is 0 Å². The van der Waals surface area contributed by atoms with E-state index in [9.17, 15) is 4.79 Å². The number of aromatic nitrogens is 2. The van der Waals surface area contributed by atoms with Crippen molar-refractivity contribution in [1.82, 2.24) is 9.61 Å². The summed E-state index contributed by atoms with van der Waals surface area (Å²) >= 11 is 0. The van der Waals surface area contributed by atoms with Crippen LogP contribution >= 0.6 is 0 Å². The van der Waals surface area contributed by atoms with E-state index in [1.807, 2.05) is 27.7 Å². The number of fused-ring (bicyclic) bond motifs is 1. The van der Waals surface area contributed by atoms with Crippen LogP contribution in [0.2, 0.25) is 0 Å². The predicted octanol–water partition coefficient (Wildman–Crippen LogP) is 2.78. The van der Waals surface area contributed by atoms with E-state index in [2.05, 4.69) is 11.2 Å². The van der Waals surface area contributed by atoms with Gasteiger partial charge in [0.15, 0.2) is 0 Å². The van der Waals surface area contributed by atoms with E-state index in [4.69, 9.17) is 14.6 Å². The number of carbonyl (C=O) groups excluding carboxylic acids is 1. The minimum Gasteiger partial charge on any atom is -0.399 e. The highest BCUT2D eigenvalue weighted by molar-refractivity contribution is 6.64. The topological polar surface area (TPSA) is 79.9 Å². The molecule has 0 unspecified atom stereocenters. The van der Waals surface area contributed by atoms with Crippen LogP contribution in [0.1, 0.15) is 43.6 Å². The van der Waals surface area contributed by atoms with E-state index >= 15 is 0 Å². The first-order valence-electron chi connectivity index (χ1n) is 9.74. The average Bonchev–Trinajstić information content (AvgIpc) is 3.23. The summed E-state index contributed by atoms with van der Waals surface area (Å²) < 4.78 is 14.0. The fourth-order valence-electron chi connectivity index (χ4n) is 3.35. The van der Waals surface area contributed by atoms with Crippen LogP contribution in [0.3, 0.4) is 0 Å². The Morgan fingerprint density at radius 1 is 1.13 bits per heavy atom. The molecule has 152 valence electrons. The van der Waals surface area contributed by atoms with E-state index in [0.29, 0.717) is 16.8 Å². The Bertz CT molecular complexity index is 1150. The van der Waals surface area contributed by atoms with Crippen molar-refractivity contribution < 1.29 is 14.1 Å². The van der Waals surface area contributed by atoms with Gasteiger partial charge in [0.05, 0.1) is 28.4 Å². The lowest BCUT2D eigenvalue weighted by atomic mass is 9.80. The van der Waals surface area contributed by atoms with Gasteiger partial charge in [-0.1, -0.05) is 0 Å². The van der Waals surface area contributed by atoms with Gasteiger partial charge >= 0.3 is 7.12 Å². The maximum atomic E-state index is 13.1. The second-order valence-electron chi connectivity index (χ2n) is 8.46. The maximum Gasteiger partial charge on any atom is 0.498 e. The molecule has 1 aliphatic rings. The van der Waals surface area contributed by atoms with E-state index in [1.165, 1.54) is 0 Å². The van der Waals surface area contributed by atoms with Crippen molar-refractivity contribution in [2.45, 2.75) is 38.9 Å². The van der Waals surface area contributed by atoms with Crippen molar-refractivity contribution in [3.63, 3.8) is 0 Å². The first-order chi connectivity index (χ1) is 14.1. The number of benzene rings is 1.